The molecule has 0 bridgehead atoms. The average molecular weight is 172 g/mol. The Balaban J connectivity index is 2.27. The molecule has 0 spiro atoms. The van der Waals surface area contributed by atoms with E-state index in [-0.39, 0.29) is 5.97 Å². The van der Waals surface area contributed by atoms with Gasteiger partial charge in [-0.05, 0) is 6.92 Å². The maximum Gasteiger partial charge on any atom is 0.319 e. The van der Waals surface area contributed by atoms with Gasteiger partial charge in [0.2, 0.25) is 0 Å². The van der Waals surface area contributed by atoms with E-state index in [1.54, 1.807) is 0 Å². The van der Waals surface area contributed by atoms with Gasteiger partial charge in [0, 0.05) is 25.7 Å². The highest BCUT2D eigenvalue weighted by molar-refractivity contribution is 5.71. The topological polar surface area (TPSA) is 41.6 Å². The first-order valence-electron chi connectivity index (χ1n) is 4.25. The van der Waals surface area contributed by atoms with E-state index in [2.05, 4.69) is 21.9 Å². The lowest BCUT2D eigenvalue weighted by molar-refractivity contribution is -0.142. The first-order valence-corrected chi connectivity index (χ1v) is 4.25. The largest absolute Gasteiger partial charge is 0.468 e. The van der Waals surface area contributed by atoms with Gasteiger partial charge >= 0.3 is 5.97 Å². The number of hydrogen-bond donors (Lipinski definition) is 1. The number of methoxy groups -OCH3 is 1. The minimum absolute atomic E-state index is 0.149. The van der Waals surface area contributed by atoms with Crippen LogP contribution in [0.1, 0.15) is 6.92 Å². The highest BCUT2D eigenvalue weighted by Gasteiger charge is 2.17. The monoisotopic (exact) mass is 172 g/mol. The summed E-state index contributed by atoms with van der Waals surface area (Å²) in [6, 6.07) is 0.475. The van der Waals surface area contributed by atoms with Crippen LogP contribution in [0.15, 0.2) is 0 Å². The lowest BCUT2D eigenvalue weighted by atomic mass is 10.2. The number of hydrogen-bond acceptors (Lipinski definition) is 4. The molecule has 70 valence electrons. The third-order valence-corrected chi connectivity index (χ3v) is 2.03. The van der Waals surface area contributed by atoms with Crippen molar-refractivity contribution < 1.29 is 9.53 Å². The van der Waals surface area contributed by atoms with E-state index in [0.29, 0.717) is 12.6 Å². The van der Waals surface area contributed by atoms with Gasteiger partial charge in [-0.2, -0.15) is 0 Å². The minimum atomic E-state index is -0.149. The number of rotatable bonds is 2. The van der Waals surface area contributed by atoms with Crippen molar-refractivity contribution >= 4 is 5.97 Å². The number of nitrogens with one attached hydrogen (secondary N) is 1. The molecule has 1 aliphatic rings. The van der Waals surface area contributed by atoms with Crippen LogP contribution in [-0.2, 0) is 9.53 Å². The molecule has 4 nitrogen and oxygen atoms in total. The van der Waals surface area contributed by atoms with Crippen molar-refractivity contribution in [1.29, 1.82) is 0 Å². The summed E-state index contributed by atoms with van der Waals surface area (Å²) in [7, 11) is 1.42. The zero-order chi connectivity index (χ0) is 8.97. The summed E-state index contributed by atoms with van der Waals surface area (Å²) in [5.74, 6) is -0.149. The van der Waals surface area contributed by atoms with Crippen molar-refractivity contribution in [1.82, 2.24) is 10.2 Å². The molecule has 1 N–H and O–H groups in total. The Bertz CT molecular complexity index is 161. The minimum Gasteiger partial charge on any atom is -0.468 e. The fourth-order valence-electron chi connectivity index (χ4n) is 1.40. The molecule has 1 fully saturated rings. The molecule has 1 aliphatic heterocycles. The second-order valence-corrected chi connectivity index (χ2v) is 3.17. The molecule has 1 rings (SSSR count). The van der Waals surface area contributed by atoms with Crippen LogP contribution in [0.4, 0.5) is 0 Å². The average Bonchev–Trinajstić information content (AvgIpc) is 2.04. The van der Waals surface area contributed by atoms with Gasteiger partial charge in [0.05, 0.1) is 13.7 Å². The van der Waals surface area contributed by atoms with E-state index in [4.69, 9.17) is 0 Å². The molecule has 1 atom stereocenters. The van der Waals surface area contributed by atoms with Gasteiger partial charge in [-0.15, -0.1) is 0 Å². The first kappa shape index (κ1) is 9.48. The molecule has 1 saturated heterocycles. The molecule has 0 amide bonds. The highest BCUT2D eigenvalue weighted by atomic mass is 16.5. The molecule has 1 heterocycles. The molecule has 0 aliphatic carbocycles. The maximum absolute atomic E-state index is 10.9. The Kier molecular flexibility index (Phi) is 3.49. The summed E-state index contributed by atoms with van der Waals surface area (Å²) in [5.41, 5.74) is 0. The van der Waals surface area contributed by atoms with Crippen LogP contribution in [-0.4, -0.2) is 50.2 Å². The predicted molar refractivity (Wildman–Crippen MR) is 45.9 cm³/mol. The summed E-state index contributed by atoms with van der Waals surface area (Å²) in [5, 5.41) is 3.31. The molecule has 0 aromatic heterocycles. The van der Waals surface area contributed by atoms with Gasteiger partial charge in [-0.1, -0.05) is 0 Å². The van der Waals surface area contributed by atoms with Crippen molar-refractivity contribution in [3.05, 3.63) is 0 Å². The van der Waals surface area contributed by atoms with Crippen LogP contribution in [0.25, 0.3) is 0 Å². The Morgan fingerprint density at radius 2 is 2.50 bits per heavy atom. The molecular weight excluding hydrogens is 156 g/mol. The first-order chi connectivity index (χ1) is 5.72. The molecular formula is C8H16N2O2. The van der Waals surface area contributed by atoms with Crippen LogP contribution < -0.4 is 5.32 Å². The second kappa shape index (κ2) is 4.42. The van der Waals surface area contributed by atoms with Crippen molar-refractivity contribution in [3.8, 4) is 0 Å². The van der Waals surface area contributed by atoms with Gasteiger partial charge < -0.3 is 10.1 Å². The summed E-state index contributed by atoms with van der Waals surface area (Å²) in [4.78, 5) is 13.0. The van der Waals surface area contributed by atoms with Crippen molar-refractivity contribution in [2.45, 2.75) is 13.0 Å². The van der Waals surface area contributed by atoms with Gasteiger partial charge in [-0.25, -0.2) is 0 Å². The van der Waals surface area contributed by atoms with E-state index < -0.39 is 0 Å². The van der Waals surface area contributed by atoms with Crippen LogP contribution in [0.3, 0.4) is 0 Å². The quantitative estimate of drug-likeness (QED) is 0.568. The lowest BCUT2D eigenvalue weighted by Crippen LogP contribution is -2.50. The van der Waals surface area contributed by atoms with Crippen LogP contribution in [0.5, 0.6) is 0 Å². The van der Waals surface area contributed by atoms with E-state index in [1.165, 1.54) is 7.11 Å². The SMILES string of the molecule is COC(=O)CN1CCN[C@@H](C)C1. The second-order valence-electron chi connectivity index (χ2n) is 3.17. The third-order valence-electron chi connectivity index (χ3n) is 2.03. The number of ether oxygens (including phenoxy) is 1. The Labute approximate surface area is 72.9 Å². The summed E-state index contributed by atoms with van der Waals surface area (Å²) in [6.45, 7) is 5.35. The van der Waals surface area contributed by atoms with Gasteiger partial charge in [0.25, 0.3) is 0 Å². The molecule has 4 heteroatoms. The molecule has 0 radical (unpaired) electrons. The predicted octanol–water partition coefficient (Wildman–Crippen LogP) is -0.547. The summed E-state index contributed by atoms with van der Waals surface area (Å²) in [6.07, 6.45) is 0. The number of carbonyl (C=O) groups excluding carboxylic acids is 1. The molecule has 0 unspecified atom stereocenters. The highest BCUT2D eigenvalue weighted by Crippen LogP contribution is 1.97. The van der Waals surface area contributed by atoms with Crippen molar-refractivity contribution in [3.63, 3.8) is 0 Å². The Morgan fingerprint density at radius 3 is 3.08 bits per heavy atom. The Morgan fingerprint density at radius 1 is 1.75 bits per heavy atom. The maximum atomic E-state index is 10.9. The van der Waals surface area contributed by atoms with Gasteiger partial charge in [0.15, 0.2) is 0 Å². The van der Waals surface area contributed by atoms with Gasteiger partial charge in [-0.3, -0.25) is 9.69 Å². The lowest BCUT2D eigenvalue weighted by Gasteiger charge is -2.30. The molecule has 12 heavy (non-hydrogen) atoms. The van der Waals surface area contributed by atoms with E-state index in [0.717, 1.165) is 19.6 Å². The zero-order valence-electron chi connectivity index (χ0n) is 7.67. The third kappa shape index (κ3) is 2.79. The van der Waals surface area contributed by atoms with Crippen molar-refractivity contribution in [2.24, 2.45) is 0 Å². The smallest absolute Gasteiger partial charge is 0.319 e. The van der Waals surface area contributed by atoms with Gasteiger partial charge in [0.1, 0.15) is 0 Å². The summed E-state index contributed by atoms with van der Waals surface area (Å²) < 4.78 is 4.59. The van der Waals surface area contributed by atoms with Crippen LogP contribution in [0.2, 0.25) is 0 Å². The fourth-order valence-corrected chi connectivity index (χ4v) is 1.40. The van der Waals surface area contributed by atoms with Crippen LogP contribution in [0, 0.1) is 0 Å². The Hall–Kier alpha value is -0.610. The van der Waals surface area contributed by atoms with E-state index in [9.17, 15) is 4.79 Å². The normalized spacial score (nSPS) is 25.3. The van der Waals surface area contributed by atoms with E-state index >= 15 is 0 Å². The number of piperazine rings is 1. The fraction of sp³-hybridized carbons (Fsp3) is 0.875. The molecule has 0 saturated carbocycles. The van der Waals surface area contributed by atoms with Crippen molar-refractivity contribution in [2.75, 3.05) is 33.3 Å². The number of carbonyl (C=O) groups is 1. The standard InChI is InChI=1S/C8H16N2O2/c1-7-5-10(4-3-9-7)6-8(11)12-2/h7,9H,3-6H2,1-2H3/t7-/m0/s1. The zero-order valence-corrected chi connectivity index (χ0v) is 7.67. The summed E-state index contributed by atoms with van der Waals surface area (Å²) >= 11 is 0. The molecule has 0 aromatic rings. The van der Waals surface area contributed by atoms with Crippen LogP contribution >= 0.6 is 0 Å². The molecule has 0 aromatic carbocycles. The number of esters is 1. The van der Waals surface area contributed by atoms with E-state index in [1.807, 2.05) is 0 Å². The number of nitrogens with zero attached hydrogens (tertiary/aromatic N) is 1.